The highest BCUT2D eigenvalue weighted by Gasteiger charge is 2.05. The fourth-order valence-corrected chi connectivity index (χ4v) is 1.57. The quantitative estimate of drug-likeness (QED) is 0.683. The van der Waals surface area contributed by atoms with Gasteiger partial charge in [0, 0.05) is 18.3 Å². The predicted octanol–water partition coefficient (Wildman–Crippen LogP) is 1.29. The van der Waals surface area contributed by atoms with Gasteiger partial charge < -0.3 is 16.2 Å². The molecule has 0 fully saturated rings. The van der Waals surface area contributed by atoms with Crippen molar-refractivity contribution in [2.24, 2.45) is 5.73 Å². The highest BCUT2D eigenvalue weighted by atomic mass is 16.3. The second kappa shape index (κ2) is 5.73. The topological polar surface area (TPSA) is 58.3 Å². The summed E-state index contributed by atoms with van der Waals surface area (Å²) in [6.07, 6.45) is 0.998. The van der Waals surface area contributed by atoms with Crippen molar-refractivity contribution in [1.82, 2.24) is 0 Å². The van der Waals surface area contributed by atoms with Crippen LogP contribution in [0.5, 0.6) is 0 Å². The van der Waals surface area contributed by atoms with Gasteiger partial charge in [-0.2, -0.15) is 0 Å². The largest absolute Gasteiger partial charge is 0.395 e. The molecule has 3 nitrogen and oxygen atoms in total. The average Bonchev–Trinajstić information content (AvgIpc) is 2.26. The summed E-state index contributed by atoms with van der Waals surface area (Å²) in [4.78, 5) is 0. The van der Waals surface area contributed by atoms with Gasteiger partial charge in [0.05, 0.1) is 6.61 Å². The van der Waals surface area contributed by atoms with E-state index in [9.17, 15) is 0 Å². The number of anilines is 1. The van der Waals surface area contributed by atoms with Crippen molar-refractivity contribution in [2.45, 2.75) is 26.3 Å². The van der Waals surface area contributed by atoms with E-state index >= 15 is 0 Å². The molecule has 1 rings (SSSR count). The Bertz CT molecular complexity index is 312. The number of aryl methyl sites for hydroxylation is 2. The Morgan fingerprint density at radius 2 is 2.20 bits per heavy atom. The van der Waals surface area contributed by atoms with E-state index in [2.05, 4.69) is 37.4 Å². The van der Waals surface area contributed by atoms with Crippen LogP contribution in [0.4, 0.5) is 5.69 Å². The van der Waals surface area contributed by atoms with Crippen molar-refractivity contribution in [3.63, 3.8) is 0 Å². The predicted molar refractivity (Wildman–Crippen MR) is 64.1 cm³/mol. The van der Waals surface area contributed by atoms with E-state index in [0.717, 1.165) is 12.1 Å². The Hall–Kier alpha value is -1.06. The summed E-state index contributed by atoms with van der Waals surface area (Å²) in [5.41, 5.74) is 9.32. The van der Waals surface area contributed by atoms with Gasteiger partial charge >= 0.3 is 0 Å². The Morgan fingerprint density at radius 1 is 1.47 bits per heavy atom. The molecule has 0 amide bonds. The van der Waals surface area contributed by atoms with Gasteiger partial charge in [0.25, 0.3) is 0 Å². The lowest BCUT2D eigenvalue weighted by Gasteiger charge is -2.16. The zero-order valence-corrected chi connectivity index (χ0v) is 9.46. The summed E-state index contributed by atoms with van der Waals surface area (Å²) < 4.78 is 0. The molecule has 15 heavy (non-hydrogen) atoms. The minimum atomic E-state index is -0.200. The van der Waals surface area contributed by atoms with Crippen LogP contribution >= 0.6 is 0 Å². The Balaban J connectivity index is 2.74. The van der Waals surface area contributed by atoms with Crippen LogP contribution in [0.25, 0.3) is 0 Å². The molecule has 0 aromatic heterocycles. The first kappa shape index (κ1) is 12.0. The summed E-state index contributed by atoms with van der Waals surface area (Å²) in [5.74, 6) is 0. The molecule has 1 aromatic rings. The van der Waals surface area contributed by atoms with Gasteiger partial charge in [0.2, 0.25) is 0 Å². The molecule has 1 atom stereocenters. The van der Waals surface area contributed by atoms with Crippen LogP contribution in [-0.2, 0) is 6.42 Å². The van der Waals surface area contributed by atoms with Crippen molar-refractivity contribution < 1.29 is 5.11 Å². The van der Waals surface area contributed by atoms with Crippen molar-refractivity contribution >= 4 is 5.69 Å². The molecule has 0 aliphatic carbocycles. The fourth-order valence-electron chi connectivity index (χ4n) is 1.57. The molecule has 0 radical (unpaired) electrons. The molecule has 0 saturated heterocycles. The number of rotatable bonds is 5. The number of aliphatic hydroxyl groups excluding tert-OH is 1. The summed E-state index contributed by atoms with van der Waals surface area (Å²) >= 11 is 0. The first-order chi connectivity index (χ1) is 7.19. The molecule has 0 heterocycles. The molecule has 0 saturated carbocycles. The Morgan fingerprint density at radius 3 is 2.80 bits per heavy atom. The molecule has 84 valence electrons. The van der Waals surface area contributed by atoms with Crippen molar-refractivity contribution in [2.75, 3.05) is 18.5 Å². The average molecular weight is 208 g/mol. The number of benzene rings is 1. The smallest absolute Gasteiger partial charge is 0.0599 e. The first-order valence-electron chi connectivity index (χ1n) is 5.37. The maximum atomic E-state index is 8.84. The Kier molecular flexibility index (Phi) is 4.59. The second-order valence-corrected chi connectivity index (χ2v) is 3.79. The highest BCUT2D eigenvalue weighted by Crippen LogP contribution is 2.20. The van der Waals surface area contributed by atoms with Crippen LogP contribution < -0.4 is 11.1 Å². The van der Waals surface area contributed by atoms with Crippen molar-refractivity contribution in [3.8, 4) is 0 Å². The Labute approximate surface area is 91.3 Å². The van der Waals surface area contributed by atoms with Gasteiger partial charge in [-0.1, -0.05) is 25.1 Å². The van der Waals surface area contributed by atoms with E-state index in [1.807, 2.05) is 0 Å². The maximum absolute atomic E-state index is 8.84. The first-order valence-corrected chi connectivity index (χ1v) is 5.37. The van der Waals surface area contributed by atoms with Gasteiger partial charge in [-0.25, -0.2) is 0 Å². The van der Waals surface area contributed by atoms with E-state index in [1.165, 1.54) is 11.1 Å². The lowest BCUT2D eigenvalue weighted by atomic mass is 10.1. The summed E-state index contributed by atoms with van der Waals surface area (Å²) in [6, 6.07) is 6.05. The summed E-state index contributed by atoms with van der Waals surface area (Å²) in [5, 5.41) is 12.1. The molecular weight excluding hydrogens is 188 g/mol. The van der Waals surface area contributed by atoms with E-state index in [0.29, 0.717) is 6.54 Å². The zero-order chi connectivity index (χ0) is 11.3. The van der Waals surface area contributed by atoms with Crippen molar-refractivity contribution in [3.05, 3.63) is 29.3 Å². The van der Waals surface area contributed by atoms with E-state index in [1.54, 1.807) is 0 Å². The number of nitrogens with one attached hydrogen (secondary N) is 1. The third-order valence-electron chi connectivity index (χ3n) is 2.52. The SMILES string of the molecule is CCc1cccc(C)c1NCC(N)CO. The molecule has 0 aliphatic heterocycles. The fraction of sp³-hybridized carbons (Fsp3) is 0.500. The molecular formula is C12H20N2O. The summed E-state index contributed by atoms with van der Waals surface area (Å²) in [6.45, 7) is 4.83. The summed E-state index contributed by atoms with van der Waals surface area (Å²) in [7, 11) is 0. The van der Waals surface area contributed by atoms with Crippen LogP contribution in [-0.4, -0.2) is 24.3 Å². The monoisotopic (exact) mass is 208 g/mol. The maximum Gasteiger partial charge on any atom is 0.0599 e. The molecule has 0 bridgehead atoms. The number of hydrogen-bond donors (Lipinski definition) is 3. The number of nitrogens with two attached hydrogens (primary N) is 1. The van der Waals surface area contributed by atoms with Crippen LogP contribution in [0.15, 0.2) is 18.2 Å². The van der Waals surface area contributed by atoms with Crippen molar-refractivity contribution in [1.29, 1.82) is 0 Å². The van der Waals surface area contributed by atoms with Crippen LogP contribution in [0.2, 0.25) is 0 Å². The lowest BCUT2D eigenvalue weighted by Crippen LogP contribution is -2.32. The van der Waals surface area contributed by atoms with Gasteiger partial charge in [-0.15, -0.1) is 0 Å². The molecule has 1 aromatic carbocycles. The number of aliphatic hydroxyl groups is 1. The standard InChI is InChI=1S/C12H20N2O/c1-3-10-6-4-5-9(2)12(10)14-7-11(13)8-15/h4-6,11,14-15H,3,7-8,13H2,1-2H3. The van der Waals surface area contributed by atoms with Crippen LogP contribution in [0.1, 0.15) is 18.1 Å². The lowest BCUT2D eigenvalue weighted by molar-refractivity contribution is 0.270. The van der Waals surface area contributed by atoms with E-state index in [-0.39, 0.29) is 12.6 Å². The molecule has 1 unspecified atom stereocenters. The van der Waals surface area contributed by atoms with Crippen LogP contribution in [0.3, 0.4) is 0 Å². The number of hydrogen-bond acceptors (Lipinski definition) is 3. The van der Waals surface area contributed by atoms with Crippen LogP contribution in [0, 0.1) is 6.92 Å². The van der Waals surface area contributed by atoms with Gasteiger partial charge in [0.15, 0.2) is 0 Å². The molecule has 0 aliphatic rings. The molecule has 0 spiro atoms. The van der Waals surface area contributed by atoms with Gasteiger partial charge in [-0.3, -0.25) is 0 Å². The molecule has 3 heteroatoms. The van der Waals surface area contributed by atoms with Gasteiger partial charge in [-0.05, 0) is 24.5 Å². The third-order valence-corrected chi connectivity index (χ3v) is 2.52. The second-order valence-electron chi connectivity index (χ2n) is 3.79. The normalized spacial score (nSPS) is 12.5. The third kappa shape index (κ3) is 3.22. The van der Waals surface area contributed by atoms with Gasteiger partial charge in [0.1, 0.15) is 0 Å². The van der Waals surface area contributed by atoms with E-state index < -0.39 is 0 Å². The highest BCUT2D eigenvalue weighted by molar-refractivity contribution is 5.57. The zero-order valence-electron chi connectivity index (χ0n) is 9.46. The minimum Gasteiger partial charge on any atom is -0.395 e. The van der Waals surface area contributed by atoms with E-state index in [4.69, 9.17) is 10.8 Å². The number of para-hydroxylation sites is 1. The molecule has 4 N–H and O–H groups in total. The minimum absolute atomic E-state index is 0.0142.